The number of Topliss-reactive ketones (excluding diaryl/α,β-unsaturated/α-hetero) is 1. The minimum Gasteiger partial charge on any atom is -0.389 e. The van der Waals surface area contributed by atoms with Gasteiger partial charge >= 0.3 is 0 Å². The van der Waals surface area contributed by atoms with Crippen molar-refractivity contribution in [3.05, 3.63) is 36.2 Å². The predicted molar refractivity (Wildman–Crippen MR) is 106 cm³/mol. The van der Waals surface area contributed by atoms with Crippen LogP contribution < -0.4 is 0 Å². The summed E-state index contributed by atoms with van der Waals surface area (Å²) in [6, 6.07) is 4.24. The first kappa shape index (κ1) is 17.6. The van der Waals surface area contributed by atoms with Gasteiger partial charge in [0.15, 0.2) is 0 Å². The average Bonchev–Trinajstić information content (AvgIpc) is 3.01. The standard InChI is InChI=1S/C24H31NO2/c1-22-10-9-21-18(8-12-24(27)14-17(26)7-11-23(21,24)2)20(22)6-5-19(22)16-4-3-13-25-15-16/h3-5,13,15,18,20-21,27H,6-12,14H2,1-2H3/t18-,20-,21-,22+,23+,24?/m0/s1. The van der Waals surface area contributed by atoms with Crippen molar-refractivity contribution in [1.82, 2.24) is 4.98 Å². The fourth-order valence-corrected chi connectivity index (χ4v) is 7.58. The number of fused-ring (bicyclic) bond motifs is 5. The lowest BCUT2D eigenvalue weighted by Crippen LogP contribution is -2.62. The third-order valence-electron chi connectivity index (χ3n) is 9.18. The van der Waals surface area contributed by atoms with Crippen molar-refractivity contribution in [3.8, 4) is 0 Å². The van der Waals surface area contributed by atoms with Gasteiger partial charge in [0.05, 0.1) is 5.60 Å². The van der Waals surface area contributed by atoms with Gasteiger partial charge in [0.1, 0.15) is 5.78 Å². The van der Waals surface area contributed by atoms with Gasteiger partial charge in [-0.1, -0.05) is 26.0 Å². The Hall–Kier alpha value is -1.48. The van der Waals surface area contributed by atoms with Crippen LogP contribution in [0.2, 0.25) is 0 Å². The van der Waals surface area contributed by atoms with E-state index in [1.54, 1.807) is 0 Å². The molecule has 0 amide bonds. The van der Waals surface area contributed by atoms with Gasteiger partial charge in [-0.15, -0.1) is 0 Å². The fraction of sp³-hybridized carbons (Fsp3) is 0.667. The van der Waals surface area contributed by atoms with E-state index in [9.17, 15) is 9.90 Å². The summed E-state index contributed by atoms with van der Waals surface area (Å²) in [5, 5.41) is 11.5. The molecule has 1 unspecified atom stereocenters. The lowest BCUT2D eigenvalue weighted by atomic mass is 9.43. The number of carbonyl (C=O) groups excluding carboxylic acids is 1. The summed E-state index contributed by atoms with van der Waals surface area (Å²) in [7, 11) is 0. The third-order valence-corrected chi connectivity index (χ3v) is 9.18. The number of pyridine rings is 1. The van der Waals surface area contributed by atoms with Crippen LogP contribution in [-0.4, -0.2) is 21.5 Å². The maximum atomic E-state index is 12.1. The van der Waals surface area contributed by atoms with Crippen molar-refractivity contribution < 1.29 is 9.90 Å². The molecule has 0 saturated heterocycles. The maximum absolute atomic E-state index is 12.1. The molecule has 3 saturated carbocycles. The van der Waals surface area contributed by atoms with E-state index in [1.807, 2.05) is 18.5 Å². The van der Waals surface area contributed by atoms with E-state index in [0.29, 0.717) is 30.6 Å². The Morgan fingerprint density at radius 1 is 1.15 bits per heavy atom. The first-order chi connectivity index (χ1) is 12.9. The second-order valence-corrected chi connectivity index (χ2v) is 10.1. The molecule has 0 radical (unpaired) electrons. The molecule has 0 aliphatic heterocycles. The number of carbonyl (C=O) groups is 1. The van der Waals surface area contributed by atoms with E-state index < -0.39 is 5.60 Å². The lowest BCUT2D eigenvalue weighted by molar-refractivity contribution is -0.199. The van der Waals surface area contributed by atoms with Gasteiger partial charge in [-0.05, 0) is 78.9 Å². The van der Waals surface area contributed by atoms with Gasteiger partial charge in [0.25, 0.3) is 0 Å². The van der Waals surface area contributed by atoms with E-state index in [1.165, 1.54) is 24.0 Å². The highest BCUT2D eigenvalue weighted by Gasteiger charge is 2.63. The second-order valence-electron chi connectivity index (χ2n) is 10.1. The first-order valence-electron chi connectivity index (χ1n) is 10.7. The summed E-state index contributed by atoms with van der Waals surface area (Å²) < 4.78 is 0. The number of rotatable bonds is 1. The molecule has 1 heterocycles. The monoisotopic (exact) mass is 365 g/mol. The molecule has 3 nitrogen and oxygen atoms in total. The van der Waals surface area contributed by atoms with Crippen LogP contribution >= 0.6 is 0 Å². The number of aliphatic hydroxyl groups is 1. The number of allylic oxidation sites excluding steroid dienone is 2. The lowest BCUT2D eigenvalue weighted by Gasteiger charge is -2.63. The molecule has 6 atom stereocenters. The van der Waals surface area contributed by atoms with Crippen molar-refractivity contribution in [2.75, 3.05) is 0 Å². The smallest absolute Gasteiger partial charge is 0.135 e. The van der Waals surface area contributed by atoms with Crippen molar-refractivity contribution in [2.45, 2.75) is 70.8 Å². The van der Waals surface area contributed by atoms with Crippen LogP contribution in [0.4, 0.5) is 0 Å². The number of ketones is 1. The zero-order valence-corrected chi connectivity index (χ0v) is 16.6. The Labute approximate surface area is 162 Å². The quantitative estimate of drug-likeness (QED) is 0.777. The van der Waals surface area contributed by atoms with Crippen molar-refractivity contribution in [2.24, 2.45) is 28.6 Å². The first-order valence-corrected chi connectivity index (χ1v) is 10.7. The van der Waals surface area contributed by atoms with Crippen molar-refractivity contribution >= 4 is 11.4 Å². The molecule has 144 valence electrons. The normalized spacial score (nSPS) is 46.3. The summed E-state index contributed by atoms with van der Waals surface area (Å²) in [6.07, 6.45) is 13.6. The summed E-state index contributed by atoms with van der Waals surface area (Å²) in [5.41, 5.74) is 2.13. The Balaban J connectivity index is 1.47. The zero-order valence-electron chi connectivity index (χ0n) is 16.6. The fourth-order valence-electron chi connectivity index (χ4n) is 7.58. The summed E-state index contributed by atoms with van der Waals surface area (Å²) >= 11 is 0. The molecule has 1 N–H and O–H groups in total. The Morgan fingerprint density at radius 2 is 2.00 bits per heavy atom. The van der Waals surface area contributed by atoms with Gasteiger partial charge in [-0.25, -0.2) is 0 Å². The van der Waals surface area contributed by atoms with Crippen LogP contribution in [0.25, 0.3) is 5.57 Å². The second kappa shape index (κ2) is 5.76. The van der Waals surface area contributed by atoms with E-state index >= 15 is 0 Å². The zero-order chi connectivity index (χ0) is 18.9. The number of hydrogen-bond acceptors (Lipinski definition) is 3. The van der Waals surface area contributed by atoms with E-state index in [0.717, 1.165) is 25.7 Å². The highest BCUT2D eigenvalue weighted by molar-refractivity contribution is 5.81. The highest BCUT2D eigenvalue weighted by Crippen LogP contribution is 2.68. The summed E-state index contributed by atoms with van der Waals surface area (Å²) in [5.74, 6) is 2.12. The SMILES string of the molecule is C[C@]12CC[C@H]3[C@@H](CCC4(O)CC(=O)CC[C@]34C)[C@@H]1CC=C2c1cccnc1. The topological polar surface area (TPSA) is 50.2 Å². The maximum Gasteiger partial charge on any atom is 0.135 e. The van der Waals surface area contributed by atoms with Gasteiger partial charge in [0.2, 0.25) is 0 Å². The van der Waals surface area contributed by atoms with Gasteiger partial charge in [0, 0.05) is 30.7 Å². The van der Waals surface area contributed by atoms with E-state index in [-0.39, 0.29) is 16.6 Å². The largest absolute Gasteiger partial charge is 0.389 e. The highest BCUT2D eigenvalue weighted by atomic mass is 16.3. The number of hydrogen-bond donors (Lipinski definition) is 1. The molecule has 1 aromatic rings. The van der Waals surface area contributed by atoms with Gasteiger partial charge in [-0.2, -0.15) is 0 Å². The van der Waals surface area contributed by atoms with Crippen LogP contribution in [0.5, 0.6) is 0 Å². The van der Waals surface area contributed by atoms with Crippen LogP contribution in [0.3, 0.4) is 0 Å². The Bertz CT molecular complexity index is 802. The molecule has 3 heteroatoms. The molecule has 4 aliphatic carbocycles. The minimum absolute atomic E-state index is 0.0950. The third kappa shape index (κ3) is 2.30. The molecule has 3 fully saturated rings. The van der Waals surface area contributed by atoms with Crippen molar-refractivity contribution in [1.29, 1.82) is 0 Å². The minimum atomic E-state index is -0.768. The predicted octanol–water partition coefficient (Wildman–Crippen LogP) is 4.80. The molecule has 0 aromatic carbocycles. The molecule has 0 bridgehead atoms. The molecule has 0 spiro atoms. The van der Waals surface area contributed by atoms with Crippen molar-refractivity contribution in [3.63, 3.8) is 0 Å². The average molecular weight is 366 g/mol. The van der Waals surface area contributed by atoms with E-state index in [4.69, 9.17) is 0 Å². The van der Waals surface area contributed by atoms with Crippen LogP contribution in [-0.2, 0) is 4.79 Å². The van der Waals surface area contributed by atoms with Crippen LogP contribution in [0.1, 0.15) is 70.8 Å². The summed E-state index contributed by atoms with van der Waals surface area (Å²) in [6.45, 7) is 4.76. The molecule has 1 aromatic heterocycles. The number of nitrogens with zero attached hydrogens (tertiary/aromatic N) is 1. The molecular weight excluding hydrogens is 334 g/mol. The summed E-state index contributed by atoms with van der Waals surface area (Å²) in [4.78, 5) is 16.4. The molecule has 27 heavy (non-hydrogen) atoms. The molecule has 5 rings (SSSR count). The van der Waals surface area contributed by atoms with Gasteiger partial charge in [-0.3, -0.25) is 9.78 Å². The Kier molecular flexibility index (Phi) is 3.76. The molecule has 4 aliphatic rings. The van der Waals surface area contributed by atoms with Crippen LogP contribution in [0.15, 0.2) is 30.6 Å². The number of aromatic nitrogens is 1. The van der Waals surface area contributed by atoms with Crippen LogP contribution in [0, 0.1) is 28.6 Å². The van der Waals surface area contributed by atoms with Gasteiger partial charge < -0.3 is 5.11 Å². The van der Waals surface area contributed by atoms with E-state index in [2.05, 4.69) is 31.0 Å². The Morgan fingerprint density at radius 3 is 2.78 bits per heavy atom. The molecular formula is C24H31NO2.